The Morgan fingerprint density at radius 3 is 2.64 bits per heavy atom. The van der Waals surface area contributed by atoms with E-state index >= 15 is 0 Å². The van der Waals surface area contributed by atoms with Gasteiger partial charge in [0.1, 0.15) is 0 Å². The zero-order valence-electron chi connectivity index (χ0n) is 7.16. The Balaban J connectivity index is 2.71. The molecule has 0 aliphatic rings. The largest absolute Gasteiger partial charge is 0.312 e. The van der Waals surface area contributed by atoms with Gasteiger partial charge >= 0.3 is 0 Å². The molecule has 0 saturated heterocycles. The van der Waals surface area contributed by atoms with Gasteiger partial charge in [-0.25, -0.2) is 0 Å². The highest BCUT2D eigenvalue weighted by Crippen LogP contribution is 2.23. The molecule has 0 aliphatic carbocycles. The van der Waals surface area contributed by atoms with Crippen molar-refractivity contribution >= 4 is 11.3 Å². The van der Waals surface area contributed by atoms with Gasteiger partial charge in [0, 0.05) is 17.1 Å². The minimum Gasteiger partial charge on any atom is -0.312 e. The second-order valence-corrected chi connectivity index (χ2v) is 3.83. The van der Waals surface area contributed by atoms with E-state index in [1.807, 2.05) is 18.8 Å². The summed E-state index contributed by atoms with van der Waals surface area (Å²) in [5.41, 5.74) is 1.88. The van der Waals surface area contributed by atoms with Crippen molar-refractivity contribution in [1.82, 2.24) is 10.3 Å². The zero-order valence-corrected chi connectivity index (χ0v) is 7.98. The third kappa shape index (κ3) is 2.01. The fraction of sp³-hybridized carbons (Fsp3) is 0.625. The normalized spacial score (nSPS) is 13.8. The molecule has 62 valence electrons. The minimum absolute atomic E-state index is 0.461. The van der Waals surface area contributed by atoms with Gasteiger partial charge in [0.15, 0.2) is 0 Å². The second kappa shape index (κ2) is 3.83. The Kier molecular flexibility index (Phi) is 3.02. The van der Waals surface area contributed by atoms with E-state index in [-0.39, 0.29) is 0 Å². The molecule has 1 unspecified atom stereocenters. The summed E-state index contributed by atoms with van der Waals surface area (Å²) in [6.45, 7) is 4.42. The van der Waals surface area contributed by atoms with Crippen LogP contribution in [0.2, 0.25) is 0 Å². The number of thiazole rings is 1. The summed E-state index contributed by atoms with van der Waals surface area (Å²) < 4.78 is 0. The molecule has 1 aromatic rings. The number of nitrogens with zero attached hydrogens (tertiary/aromatic N) is 1. The van der Waals surface area contributed by atoms with Crippen LogP contribution < -0.4 is 5.32 Å². The van der Waals surface area contributed by atoms with E-state index in [0.717, 1.165) is 0 Å². The lowest BCUT2D eigenvalue weighted by Crippen LogP contribution is -2.20. The summed E-state index contributed by atoms with van der Waals surface area (Å²) in [4.78, 5) is 5.37. The molecular formula is C8H14N2S. The first-order valence-corrected chi connectivity index (χ1v) is 4.69. The summed E-state index contributed by atoms with van der Waals surface area (Å²) >= 11 is 1.71. The molecule has 0 spiro atoms. The third-order valence-electron chi connectivity index (χ3n) is 1.74. The van der Waals surface area contributed by atoms with Crippen molar-refractivity contribution in [1.29, 1.82) is 0 Å². The molecular weight excluding hydrogens is 156 g/mol. The molecule has 1 rings (SSSR count). The van der Waals surface area contributed by atoms with Crippen LogP contribution in [0, 0.1) is 5.92 Å². The van der Waals surface area contributed by atoms with Gasteiger partial charge in [-0.05, 0) is 13.0 Å². The van der Waals surface area contributed by atoms with E-state index < -0.39 is 0 Å². The van der Waals surface area contributed by atoms with Crippen LogP contribution in [0.25, 0.3) is 0 Å². The van der Waals surface area contributed by atoms with E-state index in [4.69, 9.17) is 0 Å². The van der Waals surface area contributed by atoms with Crippen molar-refractivity contribution in [3.63, 3.8) is 0 Å². The first kappa shape index (κ1) is 8.68. The van der Waals surface area contributed by atoms with Crippen molar-refractivity contribution in [2.45, 2.75) is 19.9 Å². The van der Waals surface area contributed by atoms with E-state index in [2.05, 4.69) is 24.1 Å². The van der Waals surface area contributed by atoms with E-state index in [1.54, 1.807) is 11.3 Å². The Morgan fingerprint density at radius 2 is 2.27 bits per heavy atom. The summed E-state index contributed by atoms with van der Waals surface area (Å²) in [7, 11) is 1.99. The molecule has 11 heavy (non-hydrogen) atoms. The lowest BCUT2D eigenvalue weighted by Gasteiger charge is -2.17. The van der Waals surface area contributed by atoms with Gasteiger partial charge in [0.25, 0.3) is 0 Å². The monoisotopic (exact) mass is 170 g/mol. The van der Waals surface area contributed by atoms with Crippen LogP contribution in [0.4, 0.5) is 0 Å². The Bertz CT molecular complexity index is 194. The van der Waals surface area contributed by atoms with Crippen molar-refractivity contribution in [2.75, 3.05) is 7.05 Å². The van der Waals surface area contributed by atoms with Crippen molar-refractivity contribution in [3.05, 3.63) is 16.6 Å². The van der Waals surface area contributed by atoms with E-state index in [0.29, 0.717) is 12.0 Å². The topological polar surface area (TPSA) is 24.9 Å². The fourth-order valence-corrected chi connectivity index (χ4v) is 2.09. The highest BCUT2D eigenvalue weighted by Gasteiger charge is 2.13. The number of hydrogen-bond acceptors (Lipinski definition) is 3. The standard InChI is InChI=1S/C8H14N2S/c1-6(2)8(9-3)7-4-10-5-11-7/h4-6,8-9H,1-3H3. The Morgan fingerprint density at radius 1 is 1.55 bits per heavy atom. The maximum absolute atomic E-state index is 4.05. The Hall–Kier alpha value is -0.410. The van der Waals surface area contributed by atoms with Gasteiger partial charge in [-0.15, -0.1) is 11.3 Å². The maximum Gasteiger partial charge on any atom is 0.0794 e. The summed E-state index contributed by atoms with van der Waals surface area (Å²) in [5, 5.41) is 3.27. The molecule has 1 atom stereocenters. The van der Waals surface area contributed by atoms with Crippen LogP contribution in [-0.2, 0) is 0 Å². The molecule has 0 aliphatic heterocycles. The number of rotatable bonds is 3. The molecule has 0 fully saturated rings. The molecule has 0 saturated carbocycles. The first-order valence-electron chi connectivity index (χ1n) is 3.81. The number of nitrogens with one attached hydrogen (secondary N) is 1. The first-order chi connectivity index (χ1) is 5.25. The Labute approximate surface area is 71.7 Å². The smallest absolute Gasteiger partial charge is 0.0794 e. The van der Waals surface area contributed by atoms with Gasteiger partial charge in [0.05, 0.1) is 5.51 Å². The number of hydrogen-bond donors (Lipinski definition) is 1. The van der Waals surface area contributed by atoms with Crippen LogP contribution >= 0.6 is 11.3 Å². The van der Waals surface area contributed by atoms with Gasteiger partial charge in [-0.2, -0.15) is 0 Å². The highest BCUT2D eigenvalue weighted by molar-refractivity contribution is 7.09. The fourth-order valence-electron chi connectivity index (χ4n) is 1.18. The highest BCUT2D eigenvalue weighted by atomic mass is 32.1. The van der Waals surface area contributed by atoms with Gasteiger partial charge < -0.3 is 5.32 Å². The zero-order chi connectivity index (χ0) is 8.27. The SMILES string of the molecule is CNC(c1cncs1)C(C)C. The van der Waals surface area contributed by atoms with Crippen LogP contribution in [0.1, 0.15) is 24.8 Å². The average Bonchev–Trinajstić information content (AvgIpc) is 2.40. The predicted molar refractivity (Wildman–Crippen MR) is 48.8 cm³/mol. The van der Waals surface area contributed by atoms with Crippen molar-refractivity contribution in [2.24, 2.45) is 5.92 Å². The number of aromatic nitrogens is 1. The lowest BCUT2D eigenvalue weighted by molar-refractivity contribution is 0.449. The van der Waals surface area contributed by atoms with Crippen LogP contribution in [0.5, 0.6) is 0 Å². The molecule has 1 aromatic heterocycles. The quantitative estimate of drug-likeness (QED) is 0.751. The molecule has 2 nitrogen and oxygen atoms in total. The summed E-state index contributed by atoms with van der Waals surface area (Å²) in [5.74, 6) is 0.625. The molecule has 1 heterocycles. The van der Waals surface area contributed by atoms with Crippen LogP contribution in [0.3, 0.4) is 0 Å². The average molecular weight is 170 g/mol. The second-order valence-electron chi connectivity index (χ2n) is 2.91. The summed E-state index contributed by atoms with van der Waals surface area (Å²) in [6, 6.07) is 0.461. The molecule has 0 amide bonds. The molecule has 0 aromatic carbocycles. The summed E-state index contributed by atoms with van der Waals surface area (Å²) in [6.07, 6.45) is 1.94. The molecule has 0 bridgehead atoms. The van der Waals surface area contributed by atoms with Crippen molar-refractivity contribution in [3.8, 4) is 0 Å². The van der Waals surface area contributed by atoms with E-state index in [9.17, 15) is 0 Å². The van der Waals surface area contributed by atoms with Crippen LogP contribution in [-0.4, -0.2) is 12.0 Å². The van der Waals surface area contributed by atoms with Gasteiger partial charge in [-0.1, -0.05) is 13.8 Å². The van der Waals surface area contributed by atoms with Crippen molar-refractivity contribution < 1.29 is 0 Å². The van der Waals surface area contributed by atoms with Gasteiger partial charge in [0.2, 0.25) is 0 Å². The molecule has 3 heteroatoms. The predicted octanol–water partition coefficient (Wildman–Crippen LogP) is 2.06. The molecule has 1 N–H and O–H groups in total. The lowest BCUT2D eigenvalue weighted by atomic mass is 10.0. The molecule has 0 radical (unpaired) electrons. The third-order valence-corrected chi connectivity index (χ3v) is 2.59. The van der Waals surface area contributed by atoms with Crippen LogP contribution in [0.15, 0.2) is 11.7 Å². The maximum atomic E-state index is 4.05. The van der Waals surface area contributed by atoms with Gasteiger partial charge in [-0.3, -0.25) is 4.98 Å². The minimum atomic E-state index is 0.461. The van der Waals surface area contributed by atoms with E-state index in [1.165, 1.54) is 4.88 Å².